The van der Waals surface area contributed by atoms with E-state index in [9.17, 15) is 0 Å². The molecule has 1 aliphatic carbocycles. The molecule has 1 heteroatoms. The van der Waals surface area contributed by atoms with Gasteiger partial charge in [0, 0.05) is 0 Å². The third kappa shape index (κ3) is 2.87. The van der Waals surface area contributed by atoms with E-state index in [2.05, 4.69) is 40.6 Å². The van der Waals surface area contributed by atoms with Crippen molar-refractivity contribution in [1.29, 1.82) is 0 Å². The molecular formula is C14H23B. The summed E-state index contributed by atoms with van der Waals surface area (Å²) in [6.07, 6.45) is 7.01. The molecule has 15 heavy (non-hydrogen) atoms. The van der Waals surface area contributed by atoms with E-state index in [1.54, 1.807) is 0 Å². The Labute approximate surface area is 95.6 Å². The molecule has 0 spiro atoms. The minimum Gasteiger partial charge on any atom is -0.103 e. The van der Waals surface area contributed by atoms with Crippen molar-refractivity contribution >= 4 is 7.85 Å². The molecule has 1 saturated carbocycles. The van der Waals surface area contributed by atoms with Crippen LogP contribution in [-0.4, -0.2) is 7.85 Å². The molecule has 0 saturated heterocycles. The first-order valence-corrected chi connectivity index (χ1v) is 6.05. The number of rotatable bonds is 4. The van der Waals surface area contributed by atoms with Crippen LogP contribution in [0.15, 0.2) is 37.0 Å². The first-order valence-electron chi connectivity index (χ1n) is 6.05. The lowest BCUT2D eigenvalue weighted by Crippen LogP contribution is -2.25. The van der Waals surface area contributed by atoms with E-state index in [1.165, 1.54) is 30.4 Å². The van der Waals surface area contributed by atoms with Crippen LogP contribution in [-0.2, 0) is 0 Å². The Morgan fingerprint density at radius 2 is 2.07 bits per heavy atom. The van der Waals surface area contributed by atoms with Crippen molar-refractivity contribution < 1.29 is 0 Å². The van der Waals surface area contributed by atoms with E-state index in [0.717, 1.165) is 6.32 Å². The van der Waals surface area contributed by atoms with Gasteiger partial charge in [-0.1, -0.05) is 30.1 Å². The first-order chi connectivity index (χ1) is 7.10. The Morgan fingerprint density at radius 3 is 2.53 bits per heavy atom. The fourth-order valence-corrected chi connectivity index (χ4v) is 2.70. The molecule has 1 fully saturated rings. The van der Waals surface area contributed by atoms with Crippen LogP contribution < -0.4 is 0 Å². The highest BCUT2D eigenvalue weighted by Gasteiger charge is 2.29. The van der Waals surface area contributed by atoms with Gasteiger partial charge in [0.05, 0.1) is 0 Å². The van der Waals surface area contributed by atoms with Gasteiger partial charge in [-0.25, -0.2) is 0 Å². The van der Waals surface area contributed by atoms with E-state index >= 15 is 0 Å². The monoisotopic (exact) mass is 202 g/mol. The summed E-state index contributed by atoms with van der Waals surface area (Å²) in [6.45, 7) is 14.4. The third-order valence-corrected chi connectivity index (χ3v) is 3.87. The highest BCUT2D eigenvalue weighted by atomic mass is 14.3. The summed E-state index contributed by atoms with van der Waals surface area (Å²) in [4.78, 5) is 0. The lowest BCUT2D eigenvalue weighted by atomic mass is 9.68. The van der Waals surface area contributed by atoms with Crippen LogP contribution in [0, 0.1) is 17.8 Å². The molecule has 0 nitrogen and oxygen atoms in total. The molecule has 0 aromatic heterocycles. The highest BCUT2D eigenvalue weighted by Crippen LogP contribution is 2.41. The topological polar surface area (TPSA) is 0 Å². The van der Waals surface area contributed by atoms with Crippen molar-refractivity contribution in [3.63, 3.8) is 0 Å². The molecule has 82 valence electrons. The SMILES string of the molecule is BCC(=C)[C@@H]1CC[C@@H](C=C)[C@H](C(=C)C)C1. The number of hydrogen-bond acceptors (Lipinski definition) is 0. The van der Waals surface area contributed by atoms with Crippen LogP contribution in [0.25, 0.3) is 0 Å². The van der Waals surface area contributed by atoms with Crippen LogP contribution in [0.3, 0.4) is 0 Å². The fourth-order valence-electron chi connectivity index (χ4n) is 2.70. The van der Waals surface area contributed by atoms with Gasteiger partial charge in [0.2, 0.25) is 0 Å². The van der Waals surface area contributed by atoms with Crippen molar-refractivity contribution in [1.82, 2.24) is 0 Å². The zero-order valence-corrected chi connectivity index (χ0v) is 10.3. The minimum absolute atomic E-state index is 0.629. The number of hydrogen-bond donors (Lipinski definition) is 0. The van der Waals surface area contributed by atoms with Crippen LogP contribution >= 0.6 is 0 Å². The Balaban J connectivity index is 2.69. The summed E-state index contributed by atoms with van der Waals surface area (Å²) in [6, 6.07) is 0. The summed E-state index contributed by atoms with van der Waals surface area (Å²) in [5.41, 5.74) is 2.73. The zero-order chi connectivity index (χ0) is 11.4. The Morgan fingerprint density at radius 1 is 1.40 bits per heavy atom. The average Bonchev–Trinajstić information content (AvgIpc) is 2.27. The fraction of sp³-hybridized carbons (Fsp3) is 0.571. The van der Waals surface area contributed by atoms with Gasteiger partial charge in [-0.3, -0.25) is 0 Å². The second kappa shape index (κ2) is 5.39. The molecule has 0 bridgehead atoms. The van der Waals surface area contributed by atoms with E-state index in [0.29, 0.717) is 17.8 Å². The molecule has 0 N–H and O–H groups in total. The Bertz CT molecular complexity index is 265. The third-order valence-electron chi connectivity index (χ3n) is 3.87. The molecule has 0 aromatic carbocycles. The van der Waals surface area contributed by atoms with Gasteiger partial charge in [0.1, 0.15) is 7.85 Å². The minimum atomic E-state index is 0.629. The van der Waals surface area contributed by atoms with Crippen molar-refractivity contribution in [2.45, 2.75) is 32.5 Å². The summed E-state index contributed by atoms with van der Waals surface area (Å²) < 4.78 is 0. The Hall–Kier alpha value is -0.715. The van der Waals surface area contributed by atoms with Gasteiger partial charge < -0.3 is 0 Å². The second-order valence-electron chi connectivity index (χ2n) is 4.87. The molecule has 1 rings (SSSR count). The van der Waals surface area contributed by atoms with Crippen LogP contribution in [0.5, 0.6) is 0 Å². The van der Waals surface area contributed by atoms with Gasteiger partial charge in [-0.15, -0.1) is 13.2 Å². The first kappa shape index (κ1) is 12.4. The second-order valence-corrected chi connectivity index (χ2v) is 4.87. The normalized spacial score (nSPS) is 30.9. The van der Waals surface area contributed by atoms with Gasteiger partial charge in [0.25, 0.3) is 0 Å². The standard InChI is InChI=1S/C14H23B/c1-5-12-6-7-13(11(4)9-15)8-14(12)10(2)3/h5,12-14H,1-2,4,6-9,15H2,3H3/t12-,13-,14+/m1/s1. The van der Waals surface area contributed by atoms with Gasteiger partial charge >= 0.3 is 0 Å². The predicted molar refractivity (Wildman–Crippen MR) is 71.8 cm³/mol. The summed E-state index contributed by atoms with van der Waals surface area (Å²) >= 11 is 0. The van der Waals surface area contributed by atoms with Crippen molar-refractivity contribution in [2.24, 2.45) is 17.8 Å². The van der Waals surface area contributed by atoms with Gasteiger partial charge in [-0.05, 0) is 43.9 Å². The zero-order valence-electron chi connectivity index (χ0n) is 10.3. The van der Waals surface area contributed by atoms with Crippen molar-refractivity contribution in [3.05, 3.63) is 37.0 Å². The number of allylic oxidation sites excluding steroid dienone is 3. The summed E-state index contributed by atoms with van der Waals surface area (Å²) in [5, 5.41) is 0. The molecule has 0 radical (unpaired) electrons. The van der Waals surface area contributed by atoms with Crippen LogP contribution in [0.4, 0.5) is 0 Å². The quantitative estimate of drug-likeness (QED) is 0.484. The average molecular weight is 202 g/mol. The van der Waals surface area contributed by atoms with Crippen molar-refractivity contribution in [2.75, 3.05) is 0 Å². The molecule has 0 heterocycles. The maximum atomic E-state index is 4.19. The highest BCUT2D eigenvalue weighted by molar-refractivity contribution is 6.10. The Kier molecular flexibility index (Phi) is 4.44. The molecular weight excluding hydrogens is 179 g/mol. The molecule has 3 atom stereocenters. The van der Waals surface area contributed by atoms with Crippen LogP contribution in [0.2, 0.25) is 6.32 Å². The van der Waals surface area contributed by atoms with Gasteiger partial charge in [-0.2, -0.15) is 0 Å². The summed E-state index contributed by atoms with van der Waals surface area (Å²) in [5.74, 6) is 1.99. The molecule has 0 aromatic rings. The van der Waals surface area contributed by atoms with Crippen LogP contribution in [0.1, 0.15) is 26.2 Å². The molecule has 0 amide bonds. The van der Waals surface area contributed by atoms with E-state index in [4.69, 9.17) is 0 Å². The maximum Gasteiger partial charge on any atom is 0.106 e. The van der Waals surface area contributed by atoms with E-state index in [-0.39, 0.29) is 0 Å². The van der Waals surface area contributed by atoms with E-state index < -0.39 is 0 Å². The molecule has 0 unspecified atom stereocenters. The largest absolute Gasteiger partial charge is 0.106 e. The summed E-state index contributed by atoms with van der Waals surface area (Å²) in [7, 11) is 2.21. The lowest BCUT2D eigenvalue weighted by molar-refractivity contribution is 0.268. The predicted octanol–water partition coefficient (Wildman–Crippen LogP) is 3.39. The molecule has 0 aliphatic heterocycles. The molecule has 1 aliphatic rings. The van der Waals surface area contributed by atoms with Gasteiger partial charge in [0.15, 0.2) is 0 Å². The smallest absolute Gasteiger partial charge is 0.103 e. The van der Waals surface area contributed by atoms with E-state index in [1.807, 2.05) is 0 Å². The van der Waals surface area contributed by atoms with Crippen molar-refractivity contribution in [3.8, 4) is 0 Å². The lowest BCUT2D eigenvalue weighted by Gasteiger charge is -2.36. The maximum absolute atomic E-state index is 4.19.